The number of fused-ring (bicyclic) bond motifs is 1. The number of hydrogen-bond donors (Lipinski definition) is 2. The van der Waals surface area contributed by atoms with E-state index in [0.29, 0.717) is 17.3 Å². The smallest absolute Gasteiger partial charge is 0.352 e. The molecule has 3 rings (SSSR count). The Morgan fingerprint density at radius 2 is 1.84 bits per heavy atom. The van der Waals surface area contributed by atoms with Gasteiger partial charge in [-0.1, -0.05) is 39.0 Å². The number of unbranched alkanes of at least 4 members (excludes halogenated alkanes) is 1. The molecule has 1 aliphatic carbocycles. The molecule has 1 aliphatic rings. The molecule has 1 saturated carbocycles. The second-order valence-corrected chi connectivity index (χ2v) is 9.22. The van der Waals surface area contributed by atoms with Gasteiger partial charge in [-0.3, -0.25) is 14.3 Å². The van der Waals surface area contributed by atoms with Gasteiger partial charge in [0.25, 0.3) is 5.91 Å². The van der Waals surface area contributed by atoms with Gasteiger partial charge in [0, 0.05) is 24.4 Å². The molecule has 0 spiro atoms. The lowest BCUT2D eigenvalue weighted by atomic mass is 9.86. The quantitative estimate of drug-likeness (QED) is 0.607. The number of carbonyl (C=O) groups excluding carboxylic acids is 2. The lowest BCUT2D eigenvalue weighted by molar-refractivity contribution is -0.135. The molecule has 0 saturated heterocycles. The summed E-state index contributed by atoms with van der Waals surface area (Å²) >= 11 is 0. The van der Waals surface area contributed by atoms with E-state index in [1.807, 2.05) is 20.8 Å². The van der Waals surface area contributed by atoms with E-state index in [2.05, 4.69) is 15.7 Å². The molecule has 1 aromatic carbocycles. The normalized spacial score (nSPS) is 15.7. The fraction of sp³-hybridized carbons (Fsp3) is 0.591. The maximum absolute atomic E-state index is 13.1. The molecular formula is C22H29F3N4O2. The van der Waals surface area contributed by atoms with E-state index in [0.717, 1.165) is 12.8 Å². The third-order valence-electron chi connectivity index (χ3n) is 5.28. The van der Waals surface area contributed by atoms with Crippen LogP contribution in [0.15, 0.2) is 24.3 Å². The van der Waals surface area contributed by atoms with Crippen LogP contribution in [0.2, 0.25) is 0 Å². The van der Waals surface area contributed by atoms with Crippen LogP contribution in [0.4, 0.5) is 13.2 Å². The summed E-state index contributed by atoms with van der Waals surface area (Å²) in [6, 6.07) is 6.53. The minimum Gasteiger partial charge on any atom is -0.352 e. The van der Waals surface area contributed by atoms with Crippen molar-refractivity contribution in [2.24, 2.45) is 5.41 Å². The fourth-order valence-electron chi connectivity index (χ4n) is 3.44. The van der Waals surface area contributed by atoms with Crippen LogP contribution in [0.1, 0.15) is 63.4 Å². The Hall–Kier alpha value is -2.58. The minimum atomic E-state index is -4.18. The molecule has 2 aromatic rings. The second kappa shape index (κ2) is 8.88. The zero-order chi connectivity index (χ0) is 22.8. The van der Waals surface area contributed by atoms with Crippen LogP contribution >= 0.6 is 0 Å². The first kappa shape index (κ1) is 23.1. The molecule has 1 unspecified atom stereocenters. The highest BCUT2D eigenvalue weighted by atomic mass is 19.4. The molecule has 9 heteroatoms. The SMILES string of the molecule is CC(C)(C)C(NC(=O)c1nn(CCCCC(F)(F)F)c2ccccc12)C(=O)NC1CC1. The van der Waals surface area contributed by atoms with Crippen LogP contribution in [-0.2, 0) is 11.3 Å². The van der Waals surface area contributed by atoms with Crippen LogP contribution < -0.4 is 10.6 Å². The summed E-state index contributed by atoms with van der Waals surface area (Å²) in [6.45, 7) is 5.90. The maximum Gasteiger partial charge on any atom is 0.389 e. The zero-order valence-corrected chi connectivity index (χ0v) is 18.1. The number of aromatic nitrogens is 2. The van der Waals surface area contributed by atoms with E-state index in [4.69, 9.17) is 0 Å². The first-order valence-electron chi connectivity index (χ1n) is 10.6. The molecule has 1 atom stereocenters. The summed E-state index contributed by atoms with van der Waals surface area (Å²) in [4.78, 5) is 25.8. The lowest BCUT2D eigenvalue weighted by Crippen LogP contribution is -2.54. The predicted molar refractivity (Wildman–Crippen MR) is 112 cm³/mol. The van der Waals surface area contributed by atoms with E-state index in [9.17, 15) is 22.8 Å². The van der Waals surface area contributed by atoms with E-state index in [-0.39, 0.29) is 30.6 Å². The molecule has 1 heterocycles. The standard InChI is InChI=1S/C22H29F3N4O2/c1-21(2,3)18(20(31)26-14-10-11-14)27-19(30)17-15-8-4-5-9-16(15)29(28-17)13-7-6-12-22(23,24)25/h4-5,8-9,14,18H,6-7,10-13H2,1-3H3,(H,26,31)(H,27,30). The van der Waals surface area contributed by atoms with Gasteiger partial charge in [-0.25, -0.2) is 0 Å². The van der Waals surface area contributed by atoms with Crippen LogP contribution in [0, 0.1) is 5.41 Å². The highest BCUT2D eigenvalue weighted by Gasteiger charge is 2.36. The number of halogens is 3. The Morgan fingerprint density at radius 3 is 2.45 bits per heavy atom. The number of nitrogens with one attached hydrogen (secondary N) is 2. The van der Waals surface area contributed by atoms with Crippen molar-refractivity contribution < 1.29 is 22.8 Å². The van der Waals surface area contributed by atoms with Crippen molar-refractivity contribution >= 4 is 22.7 Å². The first-order valence-corrected chi connectivity index (χ1v) is 10.6. The highest BCUT2D eigenvalue weighted by molar-refractivity contribution is 6.06. The van der Waals surface area contributed by atoms with Crippen LogP contribution in [0.25, 0.3) is 10.9 Å². The Morgan fingerprint density at radius 1 is 1.16 bits per heavy atom. The van der Waals surface area contributed by atoms with Crippen molar-refractivity contribution in [1.29, 1.82) is 0 Å². The van der Waals surface area contributed by atoms with Gasteiger partial charge in [-0.15, -0.1) is 0 Å². The maximum atomic E-state index is 13.1. The van der Waals surface area contributed by atoms with E-state index >= 15 is 0 Å². The van der Waals surface area contributed by atoms with Crippen LogP contribution in [0.5, 0.6) is 0 Å². The number of hydrogen-bond acceptors (Lipinski definition) is 3. The number of carbonyl (C=O) groups is 2. The second-order valence-electron chi connectivity index (χ2n) is 9.22. The lowest BCUT2D eigenvalue weighted by Gasteiger charge is -2.30. The summed E-state index contributed by atoms with van der Waals surface area (Å²) in [5.74, 6) is -0.699. The topological polar surface area (TPSA) is 76.0 Å². The van der Waals surface area contributed by atoms with Gasteiger partial charge in [0.1, 0.15) is 6.04 Å². The number of alkyl halides is 3. The number of amides is 2. The monoisotopic (exact) mass is 438 g/mol. The average molecular weight is 438 g/mol. The molecule has 1 fully saturated rings. The Kier molecular flexibility index (Phi) is 6.62. The number of rotatable bonds is 8. The van der Waals surface area contributed by atoms with Crippen molar-refractivity contribution in [2.75, 3.05) is 0 Å². The molecule has 170 valence electrons. The van der Waals surface area contributed by atoms with Crippen LogP contribution in [0.3, 0.4) is 0 Å². The molecule has 2 amide bonds. The van der Waals surface area contributed by atoms with Gasteiger partial charge < -0.3 is 10.6 Å². The van der Waals surface area contributed by atoms with Crippen molar-refractivity contribution in [3.63, 3.8) is 0 Å². The van der Waals surface area contributed by atoms with Gasteiger partial charge in [0.15, 0.2) is 5.69 Å². The average Bonchev–Trinajstić information content (AvgIpc) is 3.40. The Balaban J connectivity index is 1.77. The van der Waals surface area contributed by atoms with Gasteiger partial charge >= 0.3 is 6.18 Å². The molecule has 0 aliphatic heterocycles. The molecule has 31 heavy (non-hydrogen) atoms. The van der Waals surface area contributed by atoms with E-state index < -0.39 is 30.0 Å². The largest absolute Gasteiger partial charge is 0.389 e. The number of aryl methyl sites for hydroxylation is 1. The summed E-state index contributed by atoms with van der Waals surface area (Å²) in [5, 5.41) is 10.7. The molecule has 0 bridgehead atoms. The van der Waals surface area contributed by atoms with Gasteiger partial charge in [0.2, 0.25) is 5.91 Å². The Bertz CT molecular complexity index is 942. The minimum absolute atomic E-state index is 0.00729. The molecule has 0 radical (unpaired) electrons. The zero-order valence-electron chi connectivity index (χ0n) is 18.1. The first-order chi connectivity index (χ1) is 14.5. The molecule has 2 N–H and O–H groups in total. The number of para-hydroxylation sites is 1. The fourth-order valence-corrected chi connectivity index (χ4v) is 3.44. The van der Waals surface area contributed by atoms with Gasteiger partial charge in [-0.05, 0) is 37.2 Å². The van der Waals surface area contributed by atoms with Crippen molar-refractivity contribution in [3.8, 4) is 0 Å². The molecule has 1 aromatic heterocycles. The summed E-state index contributed by atoms with van der Waals surface area (Å²) in [5.41, 5.74) is 0.333. The molecule has 6 nitrogen and oxygen atoms in total. The summed E-state index contributed by atoms with van der Waals surface area (Å²) in [7, 11) is 0. The van der Waals surface area contributed by atoms with E-state index in [1.165, 1.54) is 0 Å². The summed E-state index contributed by atoms with van der Waals surface area (Å²) < 4.78 is 38.8. The number of benzene rings is 1. The van der Waals surface area contributed by atoms with Crippen LogP contribution in [-0.4, -0.2) is 39.9 Å². The number of nitrogens with zero attached hydrogens (tertiary/aromatic N) is 2. The van der Waals surface area contributed by atoms with Gasteiger partial charge in [0.05, 0.1) is 5.52 Å². The van der Waals surface area contributed by atoms with Crippen molar-refractivity contribution in [3.05, 3.63) is 30.0 Å². The third kappa shape index (κ3) is 6.21. The van der Waals surface area contributed by atoms with Crippen molar-refractivity contribution in [1.82, 2.24) is 20.4 Å². The van der Waals surface area contributed by atoms with Gasteiger partial charge in [-0.2, -0.15) is 18.3 Å². The third-order valence-corrected chi connectivity index (χ3v) is 5.28. The molecular weight excluding hydrogens is 409 g/mol. The van der Waals surface area contributed by atoms with Crippen molar-refractivity contribution in [2.45, 2.75) is 77.7 Å². The predicted octanol–water partition coefficient (Wildman–Crippen LogP) is 4.19. The van der Waals surface area contributed by atoms with E-state index in [1.54, 1.807) is 28.9 Å². The Labute approximate surface area is 179 Å². The highest BCUT2D eigenvalue weighted by Crippen LogP contribution is 2.26. The summed E-state index contributed by atoms with van der Waals surface area (Å²) in [6.07, 6.45) is -2.85.